The summed E-state index contributed by atoms with van der Waals surface area (Å²) in [6.45, 7) is 0.341. The fourth-order valence-corrected chi connectivity index (χ4v) is 2.72. The molecule has 0 saturated heterocycles. The number of ketones is 1. The van der Waals surface area contributed by atoms with Gasteiger partial charge in [0.05, 0.1) is 4.47 Å². The highest BCUT2D eigenvalue weighted by Gasteiger charge is 2.14. The molecule has 1 heterocycles. The Balaban J connectivity index is 0.00000161. The Kier molecular flexibility index (Phi) is 5.26. The molecule has 0 radical (unpaired) electrons. The van der Waals surface area contributed by atoms with E-state index in [1.165, 1.54) is 0 Å². The van der Waals surface area contributed by atoms with Gasteiger partial charge in [0.2, 0.25) is 12.3 Å². The van der Waals surface area contributed by atoms with Crippen LogP contribution in [0.15, 0.2) is 71.5 Å². The predicted molar refractivity (Wildman–Crippen MR) is 92.9 cm³/mol. The molecule has 0 unspecified atom stereocenters. The first-order valence-corrected chi connectivity index (χ1v) is 7.19. The van der Waals surface area contributed by atoms with Crippen LogP contribution in [0.3, 0.4) is 0 Å². The molecular weight excluding hydrogens is 394 g/mol. The van der Waals surface area contributed by atoms with Gasteiger partial charge in [-0.25, -0.2) is 0 Å². The molecule has 1 aromatic heterocycles. The molecule has 0 saturated carbocycles. The molecule has 0 aliphatic heterocycles. The van der Waals surface area contributed by atoms with Crippen LogP contribution in [-0.2, 0) is 6.54 Å². The molecule has 0 fully saturated rings. The van der Waals surface area contributed by atoms with Crippen molar-refractivity contribution in [2.45, 2.75) is 6.54 Å². The predicted octanol–water partition coefficient (Wildman–Crippen LogP) is 4.35. The molecule has 106 valence electrons. The first-order valence-electron chi connectivity index (χ1n) is 6.39. The van der Waals surface area contributed by atoms with Crippen molar-refractivity contribution >= 4 is 49.5 Å². The monoisotopic (exact) mass is 406 g/mol. The van der Waals surface area contributed by atoms with Gasteiger partial charge in [0.15, 0.2) is 12.4 Å². The molecule has 2 nitrogen and oxygen atoms in total. The summed E-state index contributed by atoms with van der Waals surface area (Å²) in [5.41, 5.74) is 0.774. The molecule has 3 aromatic rings. The third-order valence-electron chi connectivity index (χ3n) is 3.24. The van der Waals surface area contributed by atoms with Gasteiger partial charge in [-0.05, 0) is 32.8 Å². The molecule has 4 heteroatoms. The standard InChI is InChI=1S/C17H13BrNO.BrH/c18-14-7-4-10-19(11-14)12-17(20)16-9-3-6-13-5-1-2-8-15(13)16;/h1-11H,12H2;1H/q+1;. The van der Waals surface area contributed by atoms with Crippen molar-refractivity contribution in [3.05, 3.63) is 77.0 Å². The van der Waals surface area contributed by atoms with Crippen LogP contribution in [0.4, 0.5) is 0 Å². The topological polar surface area (TPSA) is 20.9 Å². The summed E-state index contributed by atoms with van der Waals surface area (Å²) in [6.07, 6.45) is 3.80. The zero-order valence-electron chi connectivity index (χ0n) is 11.2. The zero-order chi connectivity index (χ0) is 13.9. The van der Waals surface area contributed by atoms with Gasteiger partial charge in [0.25, 0.3) is 0 Å². The molecule has 0 aliphatic rings. The summed E-state index contributed by atoms with van der Waals surface area (Å²) in [4.78, 5) is 12.5. The van der Waals surface area contributed by atoms with Crippen molar-refractivity contribution in [3.63, 3.8) is 0 Å². The third-order valence-corrected chi connectivity index (χ3v) is 3.71. The maximum absolute atomic E-state index is 12.5. The lowest BCUT2D eigenvalue weighted by atomic mass is 10.0. The summed E-state index contributed by atoms with van der Waals surface area (Å²) in [5.74, 6) is 0.116. The van der Waals surface area contributed by atoms with Gasteiger partial charge in [0, 0.05) is 11.6 Å². The molecule has 3 rings (SSSR count). The lowest BCUT2D eigenvalue weighted by Gasteiger charge is -2.04. The van der Waals surface area contributed by atoms with Crippen LogP contribution in [0.25, 0.3) is 10.8 Å². The van der Waals surface area contributed by atoms with E-state index < -0.39 is 0 Å². The van der Waals surface area contributed by atoms with Crippen LogP contribution in [0.5, 0.6) is 0 Å². The Labute approximate surface area is 142 Å². The van der Waals surface area contributed by atoms with Gasteiger partial charge in [-0.2, -0.15) is 4.57 Å². The molecular formula is C17H14Br2NO+. The first-order chi connectivity index (χ1) is 9.74. The summed E-state index contributed by atoms with van der Waals surface area (Å²) in [5, 5.41) is 2.10. The number of carbonyl (C=O) groups is 1. The minimum Gasteiger partial charge on any atom is -0.287 e. The third kappa shape index (κ3) is 3.57. The van der Waals surface area contributed by atoms with Crippen molar-refractivity contribution < 1.29 is 9.36 Å². The number of pyridine rings is 1. The highest BCUT2D eigenvalue weighted by Crippen LogP contribution is 2.19. The molecule has 0 aliphatic carbocycles. The average Bonchev–Trinajstić information content (AvgIpc) is 2.46. The molecule has 0 N–H and O–H groups in total. The average molecular weight is 408 g/mol. The van der Waals surface area contributed by atoms with Gasteiger partial charge in [-0.3, -0.25) is 4.79 Å². The largest absolute Gasteiger partial charge is 0.287 e. The highest BCUT2D eigenvalue weighted by molar-refractivity contribution is 9.10. The van der Waals surface area contributed by atoms with Crippen LogP contribution in [0.2, 0.25) is 0 Å². The maximum Gasteiger partial charge on any atom is 0.228 e. The van der Waals surface area contributed by atoms with Crippen molar-refractivity contribution in [2.75, 3.05) is 0 Å². The quantitative estimate of drug-likeness (QED) is 0.467. The van der Waals surface area contributed by atoms with Crippen molar-refractivity contribution in [1.29, 1.82) is 0 Å². The number of rotatable bonds is 3. The smallest absolute Gasteiger partial charge is 0.228 e. The maximum atomic E-state index is 12.5. The molecule has 0 atom stereocenters. The second kappa shape index (κ2) is 6.96. The van der Waals surface area contributed by atoms with Crippen LogP contribution >= 0.6 is 32.9 Å². The summed E-state index contributed by atoms with van der Waals surface area (Å²) in [7, 11) is 0. The number of halogens is 2. The number of Topliss-reactive ketones (excluding diaryl/α,β-unsaturated/α-hetero) is 1. The van der Waals surface area contributed by atoms with Gasteiger partial charge in [0.1, 0.15) is 0 Å². The van der Waals surface area contributed by atoms with E-state index in [1.54, 1.807) is 0 Å². The Morgan fingerprint density at radius 1 is 1.00 bits per heavy atom. The van der Waals surface area contributed by atoms with E-state index in [0.717, 1.165) is 20.8 Å². The van der Waals surface area contributed by atoms with E-state index in [9.17, 15) is 4.79 Å². The second-order valence-electron chi connectivity index (χ2n) is 4.64. The van der Waals surface area contributed by atoms with Crippen LogP contribution in [0.1, 0.15) is 10.4 Å². The number of carbonyl (C=O) groups excluding carboxylic acids is 1. The molecule has 0 spiro atoms. The zero-order valence-corrected chi connectivity index (χ0v) is 14.5. The molecule has 2 aromatic carbocycles. The van der Waals surface area contributed by atoms with Gasteiger partial charge < -0.3 is 0 Å². The normalized spacial score (nSPS) is 10.1. The SMILES string of the molecule is Br.O=C(C[n+]1cccc(Br)c1)c1cccc2ccccc12. The minimum absolute atomic E-state index is 0. The number of nitrogens with zero attached hydrogens (tertiary/aromatic N) is 1. The Bertz CT molecular complexity index is 781. The van der Waals surface area contributed by atoms with Crippen LogP contribution in [-0.4, -0.2) is 5.78 Å². The first kappa shape index (κ1) is 15.9. The number of fused-ring (bicyclic) bond motifs is 1. The Morgan fingerprint density at radius 3 is 2.57 bits per heavy atom. The Hall–Kier alpha value is -1.52. The lowest BCUT2D eigenvalue weighted by Crippen LogP contribution is -2.37. The van der Waals surface area contributed by atoms with Gasteiger partial charge >= 0.3 is 0 Å². The molecule has 21 heavy (non-hydrogen) atoms. The van der Waals surface area contributed by atoms with E-state index in [0.29, 0.717) is 6.54 Å². The fourth-order valence-electron chi connectivity index (χ4n) is 2.31. The van der Waals surface area contributed by atoms with E-state index in [4.69, 9.17) is 0 Å². The highest BCUT2D eigenvalue weighted by atomic mass is 79.9. The van der Waals surface area contributed by atoms with E-state index in [1.807, 2.05) is 71.6 Å². The van der Waals surface area contributed by atoms with Crippen molar-refractivity contribution in [2.24, 2.45) is 0 Å². The summed E-state index contributed by atoms with van der Waals surface area (Å²) in [6, 6.07) is 17.7. The number of hydrogen-bond donors (Lipinski definition) is 0. The summed E-state index contributed by atoms with van der Waals surface area (Å²) < 4.78 is 2.85. The summed E-state index contributed by atoms with van der Waals surface area (Å²) >= 11 is 3.42. The van der Waals surface area contributed by atoms with E-state index >= 15 is 0 Å². The molecule has 0 bridgehead atoms. The number of benzene rings is 2. The van der Waals surface area contributed by atoms with Crippen molar-refractivity contribution in [1.82, 2.24) is 0 Å². The number of aromatic nitrogens is 1. The van der Waals surface area contributed by atoms with Crippen LogP contribution in [0, 0.1) is 0 Å². The van der Waals surface area contributed by atoms with E-state index in [-0.39, 0.29) is 22.8 Å². The fraction of sp³-hybridized carbons (Fsp3) is 0.0588. The molecule has 0 amide bonds. The van der Waals surface area contributed by atoms with Gasteiger partial charge in [-0.1, -0.05) is 42.5 Å². The van der Waals surface area contributed by atoms with E-state index in [2.05, 4.69) is 15.9 Å². The van der Waals surface area contributed by atoms with Crippen molar-refractivity contribution in [3.8, 4) is 0 Å². The Morgan fingerprint density at radius 2 is 1.76 bits per heavy atom. The minimum atomic E-state index is 0. The number of hydrogen-bond acceptors (Lipinski definition) is 1. The van der Waals surface area contributed by atoms with Gasteiger partial charge in [-0.15, -0.1) is 17.0 Å². The second-order valence-corrected chi connectivity index (χ2v) is 5.56. The lowest BCUT2D eigenvalue weighted by molar-refractivity contribution is -0.683. The van der Waals surface area contributed by atoms with Crippen LogP contribution < -0.4 is 4.57 Å².